The van der Waals surface area contributed by atoms with Gasteiger partial charge >= 0.3 is 0 Å². The first-order valence-electron chi connectivity index (χ1n) is 9.71. The zero-order valence-electron chi connectivity index (χ0n) is 15.9. The van der Waals surface area contributed by atoms with Gasteiger partial charge in [0, 0.05) is 37.1 Å². The molecule has 0 aliphatic carbocycles. The van der Waals surface area contributed by atoms with Crippen molar-refractivity contribution in [3.05, 3.63) is 89.2 Å². The minimum atomic E-state index is -0.419. The summed E-state index contributed by atoms with van der Waals surface area (Å²) in [6, 6.07) is 15.3. The Bertz CT molecular complexity index is 953. The van der Waals surface area contributed by atoms with Gasteiger partial charge in [-0.1, -0.05) is 12.1 Å². The Morgan fingerprint density at radius 1 is 1.04 bits per heavy atom. The molecule has 28 heavy (non-hydrogen) atoms. The van der Waals surface area contributed by atoms with E-state index in [-0.39, 0.29) is 11.9 Å². The van der Waals surface area contributed by atoms with Crippen LogP contribution in [0, 0.1) is 11.6 Å². The molecule has 2 aromatic carbocycles. The number of hydrogen-bond acceptors (Lipinski definition) is 2. The lowest BCUT2D eigenvalue weighted by Crippen LogP contribution is -2.30. The molecule has 0 amide bonds. The van der Waals surface area contributed by atoms with Gasteiger partial charge in [0.15, 0.2) is 0 Å². The van der Waals surface area contributed by atoms with Crippen molar-refractivity contribution in [1.29, 1.82) is 0 Å². The van der Waals surface area contributed by atoms with Crippen LogP contribution >= 0.6 is 0 Å². The van der Waals surface area contributed by atoms with Gasteiger partial charge in [-0.3, -0.25) is 4.90 Å². The number of hydrogen-bond donors (Lipinski definition) is 0. The molecule has 1 aliphatic rings. The molecule has 4 rings (SSSR count). The fraction of sp³-hybridized carbons (Fsp3) is 0.304. The quantitative estimate of drug-likeness (QED) is 0.606. The summed E-state index contributed by atoms with van der Waals surface area (Å²) in [7, 11) is 0. The summed E-state index contributed by atoms with van der Waals surface area (Å²) in [6.45, 7) is 4.86. The summed E-state index contributed by atoms with van der Waals surface area (Å²) in [4.78, 5) is 2.22. The van der Waals surface area contributed by atoms with Crippen molar-refractivity contribution in [2.24, 2.45) is 0 Å². The van der Waals surface area contributed by atoms with E-state index < -0.39 is 5.82 Å². The molecule has 0 N–H and O–H groups in total. The second-order valence-electron chi connectivity index (χ2n) is 7.10. The molecule has 1 atom stereocenters. The van der Waals surface area contributed by atoms with Crippen LogP contribution in [0.1, 0.15) is 36.2 Å². The molecule has 0 saturated carbocycles. The lowest BCUT2D eigenvalue weighted by atomic mass is 10.00. The summed E-state index contributed by atoms with van der Waals surface area (Å²) in [5, 5.41) is 0. The van der Waals surface area contributed by atoms with Crippen LogP contribution in [0.25, 0.3) is 0 Å². The number of aromatic nitrogens is 1. The fourth-order valence-electron chi connectivity index (χ4n) is 4.02. The van der Waals surface area contributed by atoms with Crippen LogP contribution in [-0.2, 0) is 13.1 Å². The Kier molecular flexibility index (Phi) is 5.44. The molecule has 0 spiro atoms. The predicted octanol–water partition coefficient (Wildman–Crippen LogP) is 5.16. The van der Waals surface area contributed by atoms with Gasteiger partial charge in [0.05, 0.1) is 12.6 Å². The standard InChI is InChI=1S/C23H24F2N2O/c1-2-28-19-7-3-6-17(14-19)16-27-13-5-12-26-11-4-8-22(26)23(27)20-15-18(24)9-10-21(20)25/h3-4,6-11,14-15,23H,2,5,12-13,16H2,1H3. The van der Waals surface area contributed by atoms with Gasteiger partial charge in [-0.05, 0) is 61.4 Å². The lowest BCUT2D eigenvalue weighted by Gasteiger charge is -2.31. The van der Waals surface area contributed by atoms with Gasteiger partial charge in [-0.2, -0.15) is 0 Å². The van der Waals surface area contributed by atoms with Crippen LogP contribution in [0.3, 0.4) is 0 Å². The summed E-state index contributed by atoms with van der Waals surface area (Å²) in [5.41, 5.74) is 2.46. The van der Waals surface area contributed by atoms with Crippen LogP contribution < -0.4 is 4.74 Å². The molecule has 146 valence electrons. The minimum absolute atomic E-state index is 0.344. The number of nitrogens with zero attached hydrogens (tertiary/aromatic N) is 2. The maximum Gasteiger partial charge on any atom is 0.128 e. The van der Waals surface area contributed by atoms with Crippen LogP contribution in [0.5, 0.6) is 5.75 Å². The third-order valence-corrected chi connectivity index (χ3v) is 5.20. The first-order chi connectivity index (χ1) is 13.7. The maximum atomic E-state index is 14.7. The van der Waals surface area contributed by atoms with Crippen molar-refractivity contribution in [2.45, 2.75) is 32.5 Å². The largest absolute Gasteiger partial charge is 0.494 e. The molecule has 0 bridgehead atoms. The Labute approximate surface area is 164 Å². The van der Waals surface area contributed by atoms with Gasteiger partial charge in [-0.25, -0.2) is 8.78 Å². The molecule has 3 aromatic rings. The maximum absolute atomic E-state index is 14.7. The summed E-state index contributed by atoms with van der Waals surface area (Å²) in [6.07, 6.45) is 2.96. The van der Waals surface area contributed by atoms with Gasteiger partial charge in [0.25, 0.3) is 0 Å². The molecule has 5 heteroatoms. The first kappa shape index (κ1) is 18.7. The number of halogens is 2. The Balaban J connectivity index is 1.74. The summed E-state index contributed by atoms with van der Waals surface area (Å²) < 4.78 is 36.5. The van der Waals surface area contributed by atoms with Crippen molar-refractivity contribution in [3.63, 3.8) is 0 Å². The number of aryl methyl sites for hydroxylation is 1. The molecule has 3 nitrogen and oxygen atoms in total. The van der Waals surface area contributed by atoms with Gasteiger partial charge in [0.1, 0.15) is 17.4 Å². The average molecular weight is 382 g/mol. The Morgan fingerprint density at radius 3 is 2.79 bits per heavy atom. The molecule has 0 radical (unpaired) electrons. The van der Waals surface area contributed by atoms with Crippen molar-refractivity contribution in [3.8, 4) is 5.75 Å². The molecule has 0 saturated heterocycles. The van der Waals surface area contributed by atoms with E-state index in [1.54, 1.807) is 0 Å². The molecule has 2 heterocycles. The van der Waals surface area contributed by atoms with E-state index in [0.717, 1.165) is 36.5 Å². The second kappa shape index (κ2) is 8.15. The van der Waals surface area contributed by atoms with E-state index in [0.29, 0.717) is 18.7 Å². The van der Waals surface area contributed by atoms with Crippen molar-refractivity contribution >= 4 is 0 Å². The molecular formula is C23H24F2N2O. The van der Waals surface area contributed by atoms with Crippen molar-refractivity contribution in [1.82, 2.24) is 9.47 Å². The topological polar surface area (TPSA) is 17.4 Å². The molecule has 1 aliphatic heterocycles. The monoisotopic (exact) mass is 382 g/mol. The van der Waals surface area contributed by atoms with Crippen LogP contribution in [-0.4, -0.2) is 22.6 Å². The number of ether oxygens (including phenoxy) is 1. The van der Waals surface area contributed by atoms with E-state index in [9.17, 15) is 8.78 Å². The smallest absolute Gasteiger partial charge is 0.128 e. The SMILES string of the molecule is CCOc1cccc(CN2CCCn3cccc3C2c2cc(F)ccc2F)c1. The van der Waals surface area contributed by atoms with E-state index in [1.165, 1.54) is 18.2 Å². The van der Waals surface area contributed by atoms with E-state index in [1.807, 2.05) is 49.5 Å². The second-order valence-corrected chi connectivity index (χ2v) is 7.10. The van der Waals surface area contributed by atoms with E-state index in [4.69, 9.17) is 4.74 Å². The fourth-order valence-corrected chi connectivity index (χ4v) is 4.02. The normalized spacial score (nSPS) is 17.2. The van der Waals surface area contributed by atoms with Crippen LogP contribution in [0.15, 0.2) is 60.8 Å². The highest BCUT2D eigenvalue weighted by atomic mass is 19.1. The van der Waals surface area contributed by atoms with Crippen molar-refractivity contribution < 1.29 is 13.5 Å². The number of fused-ring (bicyclic) bond motifs is 1. The number of rotatable bonds is 5. The summed E-state index contributed by atoms with van der Waals surface area (Å²) >= 11 is 0. The van der Waals surface area contributed by atoms with E-state index in [2.05, 4.69) is 9.47 Å². The third-order valence-electron chi connectivity index (χ3n) is 5.20. The minimum Gasteiger partial charge on any atom is -0.494 e. The first-order valence-corrected chi connectivity index (χ1v) is 9.71. The van der Waals surface area contributed by atoms with Gasteiger partial charge in [0.2, 0.25) is 0 Å². The molecular weight excluding hydrogens is 358 g/mol. The predicted molar refractivity (Wildman–Crippen MR) is 105 cm³/mol. The van der Waals surface area contributed by atoms with E-state index >= 15 is 0 Å². The van der Waals surface area contributed by atoms with Crippen LogP contribution in [0.2, 0.25) is 0 Å². The Morgan fingerprint density at radius 2 is 1.93 bits per heavy atom. The van der Waals surface area contributed by atoms with Crippen molar-refractivity contribution in [2.75, 3.05) is 13.2 Å². The molecule has 0 fully saturated rings. The molecule has 1 unspecified atom stereocenters. The van der Waals surface area contributed by atoms with Crippen LogP contribution in [0.4, 0.5) is 8.78 Å². The van der Waals surface area contributed by atoms with Gasteiger partial charge < -0.3 is 9.30 Å². The zero-order valence-corrected chi connectivity index (χ0v) is 15.9. The highest BCUT2D eigenvalue weighted by Gasteiger charge is 2.29. The third kappa shape index (κ3) is 3.80. The zero-order chi connectivity index (χ0) is 19.5. The Hall–Kier alpha value is -2.66. The number of benzene rings is 2. The molecule has 1 aromatic heterocycles. The highest BCUT2D eigenvalue weighted by Crippen LogP contribution is 2.35. The average Bonchev–Trinajstić information content (AvgIpc) is 3.07. The highest BCUT2D eigenvalue weighted by molar-refractivity contribution is 5.33. The lowest BCUT2D eigenvalue weighted by molar-refractivity contribution is 0.215. The summed E-state index contributed by atoms with van der Waals surface area (Å²) in [5.74, 6) is 0.0258. The van der Waals surface area contributed by atoms with Gasteiger partial charge in [-0.15, -0.1) is 0 Å².